The van der Waals surface area contributed by atoms with Crippen LogP contribution < -0.4 is 4.90 Å². The van der Waals surface area contributed by atoms with Gasteiger partial charge in [0.2, 0.25) is 5.95 Å². The molecule has 1 aromatic carbocycles. The second-order valence-corrected chi connectivity index (χ2v) is 5.23. The van der Waals surface area contributed by atoms with Crippen LogP contribution in [-0.4, -0.2) is 58.3 Å². The van der Waals surface area contributed by atoms with Gasteiger partial charge < -0.3 is 10.0 Å². The first-order valence-electron chi connectivity index (χ1n) is 7.12. The first kappa shape index (κ1) is 14.5. The van der Waals surface area contributed by atoms with Gasteiger partial charge in [0.25, 0.3) is 0 Å². The fourth-order valence-corrected chi connectivity index (χ4v) is 2.63. The van der Waals surface area contributed by atoms with Crippen molar-refractivity contribution in [2.24, 2.45) is 0 Å². The summed E-state index contributed by atoms with van der Waals surface area (Å²) in [4.78, 5) is 19.1. The standard InChI is InChI=1S/C15H17FN4O2/c16-12-1-3-13(4-2-12)20-6-5-17-15(20)19-9-7-18(8-10-19)11-14(21)22/h1-6H,7-11H2,(H,21,22). The molecular formula is C15H17FN4O2. The molecule has 1 N–H and O–H groups in total. The molecule has 1 aromatic heterocycles. The molecule has 1 aliphatic heterocycles. The molecule has 0 spiro atoms. The Labute approximate surface area is 127 Å². The molecule has 0 unspecified atom stereocenters. The molecule has 2 heterocycles. The van der Waals surface area contributed by atoms with Gasteiger partial charge in [0.1, 0.15) is 5.82 Å². The normalized spacial score (nSPS) is 16.0. The van der Waals surface area contributed by atoms with Crippen molar-refractivity contribution in [1.29, 1.82) is 0 Å². The summed E-state index contributed by atoms with van der Waals surface area (Å²) < 4.78 is 15.0. The highest BCUT2D eigenvalue weighted by atomic mass is 19.1. The van der Waals surface area contributed by atoms with Gasteiger partial charge in [-0.15, -0.1) is 0 Å². The predicted molar refractivity (Wildman–Crippen MR) is 79.8 cm³/mol. The molecule has 1 saturated heterocycles. The summed E-state index contributed by atoms with van der Waals surface area (Å²) in [6.45, 7) is 2.86. The van der Waals surface area contributed by atoms with E-state index < -0.39 is 5.97 Å². The van der Waals surface area contributed by atoms with E-state index in [2.05, 4.69) is 9.88 Å². The third-order valence-electron chi connectivity index (χ3n) is 3.74. The second kappa shape index (κ2) is 6.15. The molecule has 0 amide bonds. The van der Waals surface area contributed by atoms with Crippen molar-refractivity contribution in [3.8, 4) is 5.69 Å². The minimum absolute atomic E-state index is 0.0697. The fourth-order valence-electron chi connectivity index (χ4n) is 2.63. The maximum absolute atomic E-state index is 13.0. The molecule has 0 bridgehead atoms. The van der Waals surface area contributed by atoms with Crippen molar-refractivity contribution < 1.29 is 14.3 Å². The highest BCUT2D eigenvalue weighted by Gasteiger charge is 2.21. The molecule has 1 aliphatic rings. The van der Waals surface area contributed by atoms with E-state index in [9.17, 15) is 9.18 Å². The minimum Gasteiger partial charge on any atom is -0.480 e. The third-order valence-corrected chi connectivity index (χ3v) is 3.74. The third kappa shape index (κ3) is 3.09. The van der Waals surface area contributed by atoms with Crippen molar-refractivity contribution >= 4 is 11.9 Å². The van der Waals surface area contributed by atoms with Crippen LogP contribution in [0.4, 0.5) is 10.3 Å². The van der Waals surface area contributed by atoms with E-state index >= 15 is 0 Å². The zero-order valence-electron chi connectivity index (χ0n) is 12.0. The number of nitrogens with zero attached hydrogens (tertiary/aromatic N) is 4. The van der Waals surface area contributed by atoms with Gasteiger partial charge in [-0.1, -0.05) is 0 Å². The first-order valence-corrected chi connectivity index (χ1v) is 7.12. The Morgan fingerprint density at radius 2 is 1.86 bits per heavy atom. The number of hydrogen-bond donors (Lipinski definition) is 1. The number of aliphatic carboxylic acids is 1. The highest BCUT2D eigenvalue weighted by molar-refractivity contribution is 5.69. The van der Waals surface area contributed by atoms with E-state index in [-0.39, 0.29) is 12.4 Å². The van der Waals surface area contributed by atoms with Crippen LogP contribution in [0.25, 0.3) is 5.69 Å². The quantitative estimate of drug-likeness (QED) is 0.920. The van der Waals surface area contributed by atoms with Crippen LogP contribution in [-0.2, 0) is 4.79 Å². The Morgan fingerprint density at radius 1 is 1.18 bits per heavy atom. The summed E-state index contributed by atoms with van der Waals surface area (Å²) in [5.41, 5.74) is 0.849. The van der Waals surface area contributed by atoms with E-state index in [4.69, 9.17) is 5.11 Å². The van der Waals surface area contributed by atoms with Crippen LogP contribution >= 0.6 is 0 Å². The molecule has 1 fully saturated rings. The molecule has 22 heavy (non-hydrogen) atoms. The van der Waals surface area contributed by atoms with Crippen molar-refractivity contribution in [1.82, 2.24) is 14.5 Å². The molecule has 0 atom stereocenters. The van der Waals surface area contributed by atoms with Gasteiger partial charge in [-0.3, -0.25) is 14.3 Å². The Kier molecular flexibility index (Phi) is 4.06. The molecule has 6 nitrogen and oxygen atoms in total. The molecule has 0 radical (unpaired) electrons. The number of piperazine rings is 1. The SMILES string of the molecule is O=C(O)CN1CCN(c2nccn2-c2ccc(F)cc2)CC1. The van der Waals surface area contributed by atoms with Crippen molar-refractivity contribution in [3.05, 3.63) is 42.5 Å². The van der Waals surface area contributed by atoms with Crippen molar-refractivity contribution in [3.63, 3.8) is 0 Å². The Hall–Kier alpha value is -2.41. The first-order chi connectivity index (χ1) is 10.6. The number of anilines is 1. The number of carboxylic acid groups (broad SMARTS) is 1. The molecule has 7 heteroatoms. The van der Waals surface area contributed by atoms with Crippen molar-refractivity contribution in [2.75, 3.05) is 37.6 Å². The summed E-state index contributed by atoms with van der Waals surface area (Å²) >= 11 is 0. The van der Waals surface area contributed by atoms with Gasteiger partial charge in [-0.2, -0.15) is 0 Å². The number of rotatable bonds is 4. The van der Waals surface area contributed by atoms with E-state index in [1.54, 1.807) is 18.3 Å². The summed E-state index contributed by atoms with van der Waals surface area (Å²) in [7, 11) is 0. The van der Waals surface area contributed by atoms with Gasteiger partial charge >= 0.3 is 5.97 Å². The number of carbonyl (C=O) groups is 1. The lowest BCUT2D eigenvalue weighted by atomic mass is 10.3. The van der Waals surface area contributed by atoms with Crippen LogP contribution in [0.5, 0.6) is 0 Å². The number of hydrogen-bond acceptors (Lipinski definition) is 4. The summed E-state index contributed by atoms with van der Waals surface area (Å²) in [5, 5.41) is 8.83. The van der Waals surface area contributed by atoms with Crippen LogP contribution in [0, 0.1) is 5.82 Å². The molecule has 3 rings (SSSR count). The summed E-state index contributed by atoms with van der Waals surface area (Å²) in [5.74, 6) is -0.282. The summed E-state index contributed by atoms with van der Waals surface area (Å²) in [6.07, 6.45) is 3.55. The zero-order valence-corrected chi connectivity index (χ0v) is 12.0. The van der Waals surface area contributed by atoms with Gasteiger partial charge in [0.05, 0.1) is 6.54 Å². The number of aromatic nitrogens is 2. The Balaban J connectivity index is 1.73. The predicted octanol–water partition coefficient (Wildman–Crippen LogP) is 1.22. The van der Waals surface area contributed by atoms with Crippen LogP contribution in [0.3, 0.4) is 0 Å². The maximum atomic E-state index is 13.0. The Bertz CT molecular complexity index is 648. The lowest BCUT2D eigenvalue weighted by Crippen LogP contribution is -2.48. The van der Waals surface area contributed by atoms with Gasteiger partial charge in [-0.05, 0) is 24.3 Å². The van der Waals surface area contributed by atoms with Crippen LogP contribution in [0.15, 0.2) is 36.7 Å². The average Bonchev–Trinajstić information content (AvgIpc) is 2.97. The average molecular weight is 304 g/mol. The second-order valence-electron chi connectivity index (χ2n) is 5.23. The smallest absolute Gasteiger partial charge is 0.317 e. The number of imidazole rings is 1. The van der Waals surface area contributed by atoms with Crippen LogP contribution in [0.2, 0.25) is 0 Å². The number of halogens is 1. The van der Waals surface area contributed by atoms with Crippen LogP contribution in [0.1, 0.15) is 0 Å². The number of benzene rings is 1. The minimum atomic E-state index is -0.804. The fraction of sp³-hybridized carbons (Fsp3) is 0.333. The molecule has 0 aliphatic carbocycles. The van der Waals surface area contributed by atoms with E-state index in [1.807, 2.05) is 15.7 Å². The lowest BCUT2D eigenvalue weighted by molar-refractivity contribution is -0.138. The Morgan fingerprint density at radius 3 is 2.50 bits per heavy atom. The van der Waals surface area contributed by atoms with Gasteiger partial charge in [0, 0.05) is 44.3 Å². The van der Waals surface area contributed by atoms with E-state index in [0.717, 1.165) is 11.6 Å². The molecule has 116 valence electrons. The van der Waals surface area contributed by atoms with Gasteiger partial charge in [0.15, 0.2) is 0 Å². The lowest BCUT2D eigenvalue weighted by Gasteiger charge is -2.34. The largest absolute Gasteiger partial charge is 0.480 e. The molecule has 2 aromatic rings. The summed E-state index contributed by atoms with van der Waals surface area (Å²) in [6, 6.07) is 6.26. The van der Waals surface area contributed by atoms with Gasteiger partial charge in [-0.25, -0.2) is 9.37 Å². The number of carboxylic acids is 1. The topological polar surface area (TPSA) is 61.6 Å². The van der Waals surface area contributed by atoms with Crippen molar-refractivity contribution in [2.45, 2.75) is 0 Å². The van der Waals surface area contributed by atoms with E-state index in [1.165, 1.54) is 12.1 Å². The van der Waals surface area contributed by atoms with E-state index in [0.29, 0.717) is 26.2 Å². The highest BCUT2D eigenvalue weighted by Crippen LogP contribution is 2.19. The zero-order chi connectivity index (χ0) is 15.5. The molecule has 0 saturated carbocycles. The molecular weight excluding hydrogens is 287 g/mol. The maximum Gasteiger partial charge on any atom is 0.317 e. The monoisotopic (exact) mass is 304 g/mol.